The zero-order valence-electron chi connectivity index (χ0n) is 14.7. The number of hydrogen-bond acceptors (Lipinski definition) is 4. The Balaban J connectivity index is 2.03. The molecule has 0 spiro atoms. The second-order valence-electron chi connectivity index (χ2n) is 5.99. The van der Waals surface area contributed by atoms with Gasteiger partial charge in [0.25, 0.3) is 5.91 Å². The summed E-state index contributed by atoms with van der Waals surface area (Å²) in [6.45, 7) is 0. The van der Waals surface area contributed by atoms with Crippen LogP contribution in [-0.4, -0.2) is 39.7 Å². The standard InChI is InChI=1S/C18H13Cl5N4O2/c1-26-15(28)14(27(17(26)29)11-5-3-2-4-6-11)25-16(18(21,22)23)24-10-7-8-12(19)13(20)9-10/h2-9,16,24H,1H3. The molecule has 1 aliphatic rings. The van der Waals surface area contributed by atoms with Crippen molar-refractivity contribution in [1.82, 2.24) is 4.90 Å². The number of halogens is 5. The lowest BCUT2D eigenvalue weighted by Gasteiger charge is -2.24. The van der Waals surface area contributed by atoms with Gasteiger partial charge in [-0.1, -0.05) is 76.2 Å². The highest BCUT2D eigenvalue weighted by molar-refractivity contribution is 6.68. The Labute approximate surface area is 191 Å². The molecule has 1 atom stereocenters. The number of amidine groups is 1. The first-order valence-corrected chi connectivity index (χ1v) is 10.0. The van der Waals surface area contributed by atoms with E-state index in [2.05, 4.69) is 10.3 Å². The molecule has 0 saturated carbocycles. The van der Waals surface area contributed by atoms with Gasteiger partial charge >= 0.3 is 6.03 Å². The minimum atomic E-state index is -1.95. The normalized spacial score (nSPS) is 17.2. The van der Waals surface area contributed by atoms with Crippen molar-refractivity contribution >= 4 is 87.2 Å². The highest BCUT2D eigenvalue weighted by atomic mass is 35.6. The third-order valence-electron chi connectivity index (χ3n) is 3.98. The second-order valence-corrected chi connectivity index (χ2v) is 9.17. The van der Waals surface area contributed by atoms with E-state index in [4.69, 9.17) is 58.0 Å². The highest BCUT2D eigenvalue weighted by Gasteiger charge is 2.43. The van der Waals surface area contributed by atoms with Gasteiger partial charge in [-0.05, 0) is 30.3 Å². The fourth-order valence-corrected chi connectivity index (χ4v) is 3.16. The summed E-state index contributed by atoms with van der Waals surface area (Å²) in [5.41, 5.74) is 0.906. The summed E-state index contributed by atoms with van der Waals surface area (Å²) in [5.74, 6) is -0.818. The van der Waals surface area contributed by atoms with Gasteiger partial charge in [-0.25, -0.2) is 14.7 Å². The summed E-state index contributed by atoms with van der Waals surface area (Å²) in [6.07, 6.45) is -1.21. The number of benzene rings is 2. The predicted molar refractivity (Wildman–Crippen MR) is 119 cm³/mol. The number of alkyl halides is 3. The van der Waals surface area contributed by atoms with Crippen molar-refractivity contribution < 1.29 is 9.59 Å². The van der Waals surface area contributed by atoms with Crippen LogP contribution in [0.3, 0.4) is 0 Å². The van der Waals surface area contributed by atoms with Crippen LogP contribution in [0.15, 0.2) is 53.5 Å². The minimum Gasteiger partial charge on any atom is -0.360 e. The molecule has 1 heterocycles. The molecule has 0 aromatic heterocycles. The van der Waals surface area contributed by atoms with Crippen molar-refractivity contribution in [3.63, 3.8) is 0 Å². The van der Waals surface area contributed by atoms with Gasteiger partial charge < -0.3 is 5.32 Å². The van der Waals surface area contributed by atoms with E-state index in [-0.39, 0.29) is 10.9 Å². The van der Waals surface area contributed by atoms with Crippen LogP contribution in [0.1, 0.15) is 0 Å². The molecule has 3 amide bonds. The van der Waals surface area contributed by atoms with Gasteiger partial charge in [0.15, 0.2) is 6.17 Å². The Kier molecular flexibility index (Phi) is 6.51. The van der Waals surface area contributed by atoms with E-state index in [1.54, 1.807) is 42.5 Å². The molecular formula is C18H13Cl5N4O2. The van der Waals surface area contributed by atoms with Crippen molar-refractivity contribution in [2.24, 2.45) is 4.99 Å². The summed E-state index contributed by atoms with van der Waals surface area (Å²) in [7, 11) is 1.35. The number of nitrogens with one attached hydrogen (secondary N) is 1. The molecule has 152 valence electrons. The van der Waals surface area contributed by atoms with Crippen LogP contribution in [0.2, 0.25) is 10.0 Å². The number of aliphatic imine (C=N–C) groups is 1. The Bertz CT molecular complexity index is 978. The Morgan fingerprint density at radius 3 is 2.24 bits per heavy atom. The van der Waals surface area contributed by atoms with Gasteiger partial charge in [-0.3, -0.25) is 9.69 Å². The van der Waals surface area contributed by atoms with Gasteiger partial charge in [0.2, 0.25) is 9.63 Å². The lowest BCUT2D eigenvalue weighted by atomic mass is 10.3. The third-order valence-corrected chi connectivity index (χ3v) is 5.34. The van der Waals surface area contributed by atoms with Crippen LogP contribution in [0, 0.1) is 0 Å². The maximum absolute atomic E-state index is 12.7. The van der Waals surface area contributed by atoms with E-state index >= 15 is 0 Å². The van der Waals surface area contributed by atoms with E-state index < -0.39 is 21.9 Å². The summed E-state index contributed by atoms with van der Waals surface area (Å²) >= 11 is 30.2. The Morgan fingerprint density at radius 1 is 1.00 bits per heavy atom. The number of para-hydroxylation sites is 1. The van der Waals surface area contributed by atoms with Crippen LogP contribution >= 0.6 is 58.0 Å². The topological polar surface area (TPSA) is 65.0 Å². The molecule has 0 radical (unpaired) electrons. The van der Waals surface area contributed by atoms with Crippen LogP contribution in [0.4, 0.5) is 16.2 Å². The van der Waals surface area contributed by atoms with Crippen LogP contribution in [0.5, 0.6) is 0 Å². The van der Waals surface area contributed by atoms with Gasteiger partial charge in [0, 0.05) is 12.7 Å². The molecule has 11 heteroatoms. The molecule has 1 unspecified atom stereocenters. The zero-order valence-corrected chi connectivity index (χ0v) is 18.5. The average molecular weight is 495 g/mol. The largest absolute Gasteiger partial charge is 0.360 e. The van der Waals surface area contributed by atoms with Crippen molar-refractivity contribution in [3.05, 3.63) is 58.6 Å². The summed E-state index contributed by atoms with van der Waals surface area (Å²) < 4.78 is -1.95. The van der Waals surface area contributed by atoms with Crippen molar-refractivity contribution in [3.8, 4) is 0 Å². The average Bonchev–Trinajstić information content (AvgIpc) is 2.88. The van der Waals surface area contributed by atoms with Gasteiger partial charge in [-0.15, -0.1) is 0 Å². The molecule has 1 fully saturated rings. The minimum absolute atomic E-state index is 0.187. The second kappa shape index (κ2) is 8.58. The molecular weight excluding hydrogens is 481 g/mol. The molecule has 29 heavy (non-hydrogen) atoms. The van der Waals surface area contributed by atoms with Gasteiger partial charge in [-0.2, -0.15) is 0 Å². The number of carbonyl (C=O) groups excluding carboxylic acids is 2. The fourth-order valence-electron chi connectivity index (χ4n) is 2.55. The zero-order chi connectivity index (χ0) is 21.3. The molecule has 2 aromatic rings. The number of hydrogen-bond donors (Lipinski definition) is 1. The molecule has 3 rings (SSSR count). The van der Waals surface area contributed by atoms with Crippen LogP contribution < -0.4 is 10.2 Å². The number of likely N-dealkylation sites (N-methyl/N-ethyl adjacent to an activating group) is 1. The molecule has 6 nitrogen and oxygen atoms in total. The van der Waals surface area contributed by atoms with Crippen molar-refractivity contribution in [1.29, 1.82) is 0 Å². The lowest BCUT2D eigenvalue weighted by molar-refractivity contribution is -0.119. The van der Waals surface area contributed by atoms with Crippen molar-refractivity contribution in [2.45, 2.75) is 9.96 Å². The number of amides is 3. The highest BCUT2D eigenvalue weighted by Crippen LogP contribution is 2.35. The smallest absolute Gasteiger partial charge is 0.337 e. The van der Waals surface area contributed by atoms with Crippen molar-refractivity contribution in [2.75, 3.05) is 17.3 Å². The Hall–Kier alpha value is -1.70. The molecule has 1 saturated heterocycles. The van der Waals surface area contributed by atoms with E-state index in [0.29, 0.717) is 16.4 Å². The van der Waals surface area contributed by atoms with Crippen LogP contribution in [0.25, 0.3) is 0 Å². The number of anilines is 2. The summed E-state index contributed by atoms with van der Waals surface area (Å²) in [5, 5.41) is 3.53. The quantitative estimate of drug-likeness (QED) is 0.445. The third kappa shape index (κ3) is 4.73. The maximum Gasteiger partial charge on any atom is 0.337 e. The van der Waals surface area contributed by atoms with E-state index in [1.807, 2.05) is 0 Å². The SMILES string of the molecule is CN1C(=O)C(=NC(Nc2ccc(Cl)c(Cl)c2)C(Cl)(Cl)Cl)N(c2ccccc2)C1=O. The number of imide groups is 1. The Morgan fingerprint density at radius 2 is 1.66 bits per heavy atom. The first kappa shape index (κ1) is 22.0. The molecule has 2 aromatic carbocycles. The number of carbonyl (C=O) groups is 2. The molecule has 0 aliphatic carbocycles. The van der Waals surface area contributed by atoms with Gasteiger partial charge in [0.1, 0.15) is 0 Å². The predicted octanol–water partition coefficient (Wildman–Crippen LogP) is 5.60. The number of nitrogens with zero attached hydrogens (tertiary/aromatic N) is 3. The first-order valence-electron chi connectivity index (χ1n) is 8.13. The van der Waals surface area contributed by atoms with E-state index in [1.165, 1.54) is 13.1 Å². The monoisotopic (exact) mass is 492 g/mol. The van der Waals surface area contributed by atoms with E-state index in [0.717, 1.165) is 9.80 Å². The lowest BCUT2D eigenvalue weighted by Crippen LogP contribution is -2.37. The number of rotatable bonds is 4. The first-order chi connectivity index (χ1) is 13.6. The molecule has 0 bridgehead atoms. The van der Waals surface area contributed by atoms with E-state index in [9.17, 15) is 9.59 Å². The summed E-state index contributed by atoms with van der Waals surface area (Å²) in [6, 6.07) is 12.7. The number of urea groups is 1. The molecule has 1 N–H and O–H groups in total. The van der Waals surface area contributed by atoms with Gasteiger partial charge in [0.05, 0.1) is 15.7 Å². The summed E-state index contributed by atoms with van der Waals surface area (Å²) in [4.78, 5) is 31.6. The fraction of sp³-hybridized carbons (Fsp3) is 0.167. The van der Waals surface area contributed by atoms with Crippen LogP contribution in [-0.2, 0) is 4.79 Å². The molecule has 1 aliphatic heterocycles. The maximum atomic E-state index is 12.7.